The van der Waals surface area contributed by atoms with Gasteiger partial charge in [0.25, 0.3) is 0 Å². The summed E-state index contributed by atoms with van der Waals surface area (Å²) in [5, 5.41) is 0. The van der Waals surface area contributed by atoms with Crippen molar-refractivity contribution in [1.29, 1.82) is 0 Å². The highest BCUT2D eigenvalue weighted by Crippen LogP contribution is 2.14. The van der Waals surface area contributed by atoms with Crippen LogP contribution in [0.2, 0.25) is 0 Å². The zero-order chi connectivity index (χ0) is 45.8. The molecule has 0 amide bonds. The number of carbonyl (C=O) groups excluding carboxylic acids is 3. The Hall–Kier alpha value is -2.89. The Labute approximate surface area is 390 Å². The molecule has 0 aliphatic carbocycles. The number of unbranched alkanes of at least 4 members (excludes halogenated alkanes) is 29. The van der Waals surface area contributed by atoms with Crippen molar-refractivity contribution in [2.45, 2.75) is 271 Å². The number of ether oxygens (including phenoxy) is 3. The van der Waals surface area contributed by atoms with Crippen LogP contribution in [-0.4, -0.2) is 37.2 Å². The molecule has 0 aliphatic heterocycles. The molecule has 0 aromatic rings. The van der Waals surface area contributed by atoms with E-state index in [1.165, 1.54) is 128 Å². The summed E-state index contributed by atoms with van der Waals surface area (Å²) in [6.45, 7) is 6.56. The van der Waals surface area contributed by atoms with Gasteiger partial charge in [0.05, 0.1) is 0 Å². The minimum atomic E-state index is -0.789. The molecule has 0 bridgehead atoms. The van der Waals surface area contributed by atoms with Crippen LogP contribution in [0.4, 0.5) is 0 Å². The molecule has 0 saturated carbocycles. The molecule has 6 nitrogen and oxygen atoms in total. The highest BCUT2D eigenvalue weighted by Gasteiger charge is 2.19. The molecule has 0 aromatic heterocycles. The Kier molecular flexibility index (Phi) is 49.4. The summed E-state index contributed by atoms with van der Waals surface area (Å²) in [6, 6.07) is 0. The quantitative estimate of drug-likeness (QED) is 0.0199. The maximum Gasteiger partial charge on any atom is 0.306 e. The number of carbonyl (C=O) groups is 3. The lowest BCUT2D eigenvalue weighted by Crippen LogP contribution is -2.30. The van der Waals surface area contributed by atoms with E-state index in [1.807, 2.05) is 0 Å². The fraction of sp³-hybridized carbons (Fsp3) is 0.772. The maximum absolute atomic E-state index is 12.8. The van der Waals surface area contributed by atoms with Gasteiger partial charge in [-0.1, -0.05) is 210 Å². The van der Waals surface area contributed by atoms with E-state index >= 15 is 0 Å². The average Bonchev–Trinajstić information content (AvgIpc) is 3.28. The zero-order valence-corrected chi connectivity index (χ0v) is 41.6. The van der Waals surface area contributed by atoms with E-state index in [0.29, 0.717) is 19.3 Å². The summed E-state index contributed by atoms with van der Waals surface area (Å²) in [6.07, 6.45) is 63.4. The number of hydrogen-bond donors (Lipinski definition) is 0. The molecule has 6 heteroatoms. The lowest BCUT2D eigenvalue weighted by molar-refractivity contribution is -0.167. The molecular weight excluding hydrogens is 781 g/mol. The molecule has 0 aromatic carbocycles. The molecule has 0 radical (unpaired) electrons. The van der Waals surface area contributed by atoms with E-state index in [2.05, 4.69) is 81.5 Å². The first-order chi connectivity index (χ1) is 31.0. The molecular formula is C57H100O6. The number of allylic oxidation sites excluding steroid dienone is 10. The molecule has 0 aliphatic rings. The van der Waals surface area contributed by atoms with Crippen LogP contribution in [0.15, 0.2) is 60.8 Å². The molecule has 0 fully saturated rings. The summed E-state index contributed by atoms with van der Waals surface area (Å²) in [5.74, 6) is -0.919. The Bertz CT molecular complexity index is 1150. The SMILES string of the molecule is CCCCC/C=C\C=C/CCCCCCCCC(=O)OC(COC(=O)CCCCCCC/C=C\C=C/CCCCCCCCC)COC(=O)CCCCCCC/C=C\CCCCC. The molecule has 364 valence electrons. The average molecular weight is 881 g/mol. The van der Waals surface area contributed by atoms with Crippen molar-refractivity contribution < 1.29 is 28.6 Å². The second kappa shape index (κ2) is 51.7. The van der Waals surface area contributed by atoms with E-state index in [-0.39, 0.29) is 31.1 Å². The predicted octanol–water partition coefficient (Wildman–Crippen LogP) is 17.6. The van der Waals surface area contributed by atoms with Gasteiger partial charge >= 0.3 is 17.9 Å². The van der Waals surface area contributed by atoms with Gasteiger partial charge in [0.15, 0.2) is 6.10 Å². The molecule has 0 rings (SSSR count). The first kappa shape index (κ1) is 60.1. The third kappa shape index (κ3) is 50.0. The Balaban J connectivity index is 4.41. The van der Waals surface area contributed by atoms with Crippen molar-refractivity contribution in [2.24, 2.45) is 0 Å². The van der Waals surface area contributed by atoms with Gasteiger partial charge in [-0.25, -0.2) is 0 Å². The van der Waals surface area contributed by atoms with Gasteiger partial charge in [0.1, 0.15) is 13.2 Å². The Morgan fingerprint density at radius 1 is 0.317 bits per heavy atom. The summed E-state index contributed by atoms with van der Waals surface area (Å²) in [7, 11) is 0. The van der Waals surface area contributed by atoms with Gasteiger partial charge in [0, 0.05) is 19.3 Å². The zero-order valence-electron chi connectivity index (χ0n) is 41.6. The predicted molar refractivity (Wildman–Crippen MR) is 270 cm³/mol. The second-order valence-corrected chi connectivity index (χ2v) is 17.8. The van der Waals surface area contributed by atoms with Crippen LogP contribution < -0.4 is 0 Å². The van der Waals surface area contributed by atoms with Crippen molar-refractivity contribution in [3.8, 4) is 0 Å². The Morgan fingerprint density at radius 2 is 0.571 bits per heavy atom. The fourth-order valence-corrected chi connectivity index (χ4v) is 7.42. The van der Waals surface area contributed by atoms with Crippen LogP contribution in [0.1, 0.15) is 265 Å². The van der Waals surface area contributed by atoms with Gasteiger partial charge in [0.2, 0.25) is 0 Å². The third-order valence-electron chi connectivity index (χ3n) is 11.5. The lowest BCUT2D eigenvalue weighted by Gasteiger charge is -2.18. The molecule has 0 N–H and O–H groups in total. The summed E-state index contributed by atoms with van der Waals surface area (Å²) in [4.78, 5) is 38.0. The Morgan fingerprint density at radius 3 is 0.921 bits per heavy atom. The maximum atomic E-state index is 12.8. The van der Waals surface area contributed by atoms with Gasteiger partial charge in [-0.3, -0.25) is 14.4 Å². The van der Waals surface area contributed by atoms with Crippen LogP contribution >= 0.6 is 0 Å². The monoisotopic (exact) mass is 881 g/mol. The standard InChI is InChI=1S/C57H100O6/c1-4-7-10-13-16-19-22-25-27-28-29-31-32-35-38-41-44-47-50-56(59)62-53-54(52-61-55(58)49-46-43-40-37-34-24-21-18-15-12-9-6-3)63-57(60)51-48-45-42-39-36-33-30-26-23-20-17-14-11-8-5-2/h17-18,20-21,23,26-29,31,54H,4-16,19,22,24-25,30,32-53H2,1-3H3/b20-17-,21-18-,26-23-,28-27-,31-29-. The van der Waals surface area contributed by atoms with Crippen LogP contribution in [0, 0.1) is 0 Å². The number of hydrogen-bond acceptors (Lipinski definition) is 6. The van der Waals surface area contributed by atoms with E-state index in [1.54, 1.807) is 0 Å². The van der Waals surface area contributed by atoms with Crippen molar-refractivity contribution in [1.82, 2.24) is 0 Å². The molecule has 0 saturated heterocycles. The van der Waals surface area contributed by atoms with Crippen molar-refractivity contribution >= 4 is 17.9 Å². The van der Waals surface area contributed by atoms with Gasteiger partial charge < -0.3 is 14.2 Å². The molecule has 1 unspecified atom stereocenters. The first-order valence-electron chi connectivity index (χ1n) is 26.8. The van der Waals surface area contributed by atoms with Crippen LogP contribution in [-0.2, 0) is 28.6 Å². The van der Waals surface area contributed by atoms with Crippen LogP contribution in [0.25, 0.3) is 0 Å². The largest absolute Gasteiger partial charge is 0.462 e. The number of esters is 3. The topological polar surface area (TPSA) is 78.9 Å². The van der Waals surface area contributed by atoms with E-state index in [4.69, 9.17) is 14.2 Å². The smallest absolute Gasteiger partial charge is 0.306 e. The molecule has 1 atom stereocenters. The first-order valence-corrected chi connectivity index (χ1v) is 26.8. The molecule has 63 heavy (non-hydrogen) atoms. The van der Waals surface area contributed by atoms with Crippen LogP contribution in [0.5, 0.6) is 0 Å². The highest BCUT2D eigenvalue weighted by molar-refractivity contribution is 5.71. The van der Waals surface area contributed by atoms with E-state index < -0.39 is 6.10 Å². The van der Waals surface area contributed by atoms with E-state index in [9.17, 15) is 14.4 Å². The summed E-state index contributed by atoms with van der Waals surface area (Å²) >= 11 is 0. The second-order valence-electron chi connectivity index (χ2n) is 17.8. The molecule has 0 heterocycles. The van der Waals surface area contributed by atoms with Crippen molar-refractivity contribution in [2.75, 3.05) is 13.2 Å². The summed E-state index contributed by atoms with van der Waals surface area (Å²) in [5.41, 5.74) is 0. The lowest BCUT2D eigenvalue weighted by atomic mass is 10.1. The van der Waals surface area contributed by atoms with Gasteiger partial charge in [-0.05, 0) is 96.3 Å². The summed E-state index contributed by atoms with van der Waals surface area (Å²) < 4.78 is 16.8. The van der Waals surface area contributed by atoms with Gasteiger partial charge in [-0.2, -0.15) is 0 Å². The van der Waals surface area contributed by atoms with Crippen LogP contribution in [0.3, 0.4) is 0 Å². The third-order valence-corrected chi connectivity index (χ3v) is 11.5. The highest BCUT2D eigenvalue weighted by atomic mass is 16.6. The molecule has 0 spiro atoms. The normalized spacial score (nSPS) is 12.5. The van der Waals surface area contributed by atoms with Gasteiger partial charge in [-0.15, -0.1) is 0 Å². The van der Waals surface area contributed by atoms with E-state index in [0.717, 1.165) is 96.3 Å². The minimum Gasteiger partial charge on any atom is -0.462 e. The van der Waals surface area contributed by atoms with Crippen molar-refractivity contribution in [3.05, 3.63) is 60.8 Å². The minimum absolute atomic E-state index is 0.0883. The fourth-order valence-electron chi connectivity index (χ4n) is 7.42. The van der Waals surface area contributed by atoms with Crippen molar-refractivity contribution in [3.63, 3.8) is 0 Å². The number of rotatable bonds is 48.